The number of carbonyl (C=O) groups excluding carboxylic acids is 2. The molecule has 3 aromatic rings. The average Bonchev–Trinajstić information content (AvgIpc) is 2.74. The topological polar surface area (TPSA) is 131 Å². The summed E-state index contributed by atoms with van der Waals surface area (Å²) >= 11 is 0. The van der Waals surface area contributed by atoms with E-state index >= 15 is 0 Å². The molecule has 9 heteroatoms. The van der Waals surface area contributed by atoms with E-state index < -0.39 is 16.8 Å². The van der Waals surface area contributed by atoms with Crippen molar-refractivity contribution in [3.8, 4) is 11.5 Å². The van der Waals surface area contributed by atoms with Crippen LogP contribution in [0.25, 0.3) is 0 Å². The number of benzene rings is 3. The molecule has 0 heterocycles. The highest BCUT2D eigenvalue weighted by Gasteiger charge is 2.13. The van der Waals surface area contributed by atoms with Gasteiger partial charge in [0.2, 0.25) is 0 Å². The molecular formula is C21H15N3O6. The van der Waals surface area contributed by atoms with E-state index in [1.54, 1.807) is 24.3 Å². The van der Waals surface area contributed by atoms with Crippen molar-refractivity contribution in [1.29, 1.82) is 0 Å². The van der Waals surface area contributed by atoms with Gasteiger partial charge >= 0.3 is 5.97 Å². The summed E-state index contributed by atoms with van der Waals surface area (Å²) in [6.07, 6.45) is 1.34. The van der Waals surface area contributed by atoms with Crippen LogP contribution in [0, 0.1) is 10.1 Å². The van der Waals surface area contributed by atoms with Crippen molar-refractivity contribution in [1.82, 2.24) is 5.43 Å². The van der Waals surface area contributed by atoms with Crippen LogP contribution in [0.1, 0.15) is 26.3 Å². The fourth-order valence-corrected chi connectivity index (χ4v) is 2.46. The van der Waals surface area contributed by atoms with E-state index in [-0.39, 0.29) is 28.3 Å². The number of phenolic OH excluding ortho intramolecular Hbond substituents is 1. The van der Waals surface area contributed by atoms with E-state index in [0.717, 1.165) is 6.07 Å². The number of esters is 1. The molecule has 150 valence electrons. The maximum atomic E-state index is 12.2. The van der Waals surface area contributed by atoms with Crippen LogP contribution in [-0.2, 0) is 0 Å². The minimum Gasteiger partial charge on any atom is -0.507 e. The summed E-state index contributed by atoms with van der Waals surface area (Å²) in [5, 5.41) is 24.3. The Balaban J connectivity index is 1.66. The van der Waals surface area contributed by atoms with Gasteiger partial charge in [0, 0.05) is 12.1 Å². The quantitative estimate of drug-likeness (QED) is 0.213. The molecule has 0 unspecified atom stereocenters. The molecule has 9 nitrogen and oxygen atoms in total. The highest BCUT2D eigenvalue weighted by atomic mass is 16.6. The molecule has 30 heavy (non-hydrogen) atoms. The molecule has 0 radical (unpaired) electrons. The molecule has 3 rings (SSSR count). The van der Waals surface area contributed by atoms with Gasteiger partial charge in [-0.2, -0.15) is 5.10 Å². The second-order valence-electron chi connectivity index (χ2n) is 5.99. The molecule has 0 spiro atoms. The zero-order valence-corrected chi connectivity index (χ0v) is 15.4. The minimum atomic E-state index is -0.749. The van der Waals surface area contributed by atoms with E-state index in [9.17, 15) is 24.8 Å². The van der Waals surface area contributed by atoms with E-state index in [1.165, 1.54) is 48.7 Å². The van der Waals surface area contributed by atoms with Gasteiger partial charge in [-0.25, -0.2) is 10.2 Å². The van der Waals surface area contributed by atoms with Crippen molar-refractivity contribution in [2.45, 2.75) is 0 Å². The minimum absolute atomic E-state index is 0.0400. The van der Waals surface area contributed by atoms with Crippen LogP contribution >= 0.6 is 0 Å². The van der Waals surface area contributed by atoms with Crippen LogP contribution in [-0.4, -0.2) is 28.1 Å². The molecule has 1 amide bonds. The SMILES string of the molecule is O=C(Oc1cccc(C=NNC(=O)c2ccccc2O)c1)c1cccc([N+](=O)[O-])c1. The van der Waals surface area contributed by atoms with Crippen molar-refractivity contribution in [3.05, 3.63) is 99.6 Å². The van der Waals surface area contributed by atoms with Gasteiger partial charge in [-0.05, 0) is 35.9 Å². The molecule has 3 aromatic carbocycles. The Morgan fingerprint density at radius 1 is 1.03 bits per heavy atom. The number of nitro benzene ring substituents is 1. The summed E-state index contributed by atoms with van der Waals surface area (Å²) in [6, 6.07) is 17.6. The first-order valence-electron chi connectivity index (χ1n) is 8.62. The van der Waals surface area contributed by atoms with Gasteiger partial charge in [0.25, 0.3) is 11.6 Å². The Labute approximate surface area is 170 Å². The number of non-ortho nitro benzene ring substituents is 1. The molecule has 2 N–H and O–H groups in total. The summed E-state index contributed by atoms with van der Waals surface area (Å²) in [5.74, 6) is -1.30. The molecule has 0 fully saturated rings. The lowest BCUT2D eigenvalue weighted by molar-refractivity contribution is -0.384. The fraction of sp³-hybridized carbons (Fsp3) is 0. The summed E-state index contributed by atoms with van der Waals surface area (Å²) in [5.41, 5.74) is 2.72. The van der Waals surface area contributed by atoms with Gasteiger partial charge in [0.15, 0.2) is 0 Å². The predicted octanol–water partition coefficient (Wildman–Crippen LogP) is 3.28. The lowest BCUT2D eigenvalue weighted by Gasteiger charge is -2.05. The first-order valence-corrected chi connectivity index (χ1v) is 8.62. The molecule has 0 saturated carbocycles. The summed E-state index contributed by atoms with van der Waals surface area (Å²) in [4.78, 5) is 34.5. The van der Waals surface area contributed by atoms with Gasteiger partial charge < -0.3 is 9.84 Å². The number of aromatic hydroxyl groups is 1. The number of phenols is 1. The van der Waals surface area contributed by atoms with Gasteiger partial charge in [-0.15, -0.1) is 0 Å². The van der Waals surface area contributed by atoms with Crippen LogP contribution in [0.3, 0.4) is 0 Å². The van der Waals surface area contributed by atoms with Crippen LogP contribution in [0.15, 0.2) is 77.9 Å². The second-order valence-corrected chi connectivity index (χ2v) is 5.99. The number of carbonyl (C=O) groups is 2. The molecule has 0 aromatic heterocycles. The molecule has 0 bridgehead atoms. The first-order chi connectivity index (χ1) is 14.4. The summed E-state index contributed by atoms with van der Waals surface area (Å²) in [6.45, 7) is 0. The number of nitro groups is 1. The van der Waals surface area contributed by atoms with E-state index in [1.807, 2.05) is 0 Å². The molecule has 0 aliphatic rings. The van der Waals surface area contributed by atoms with Crippen LogP contribution in [0.5, 0.6) is 11.5 Å². The van der Waals surface area contributed by atoms with Crippen LogP contribution < -0.4 is 10.2 Å². The van der Waals surface area contributed by atoms with Gasteiger partial charge in [-0.1, -0.05) is 30.3 Å². The Kier molecular flexibility index (Phi) is 6.14. The lowest BCUT2D eigenvalue weighted by atomic mass is 10.2. The lowest BCUT2D eigenvalue weighted by Crippen LogP contribution is -2.17. The first kappa shape index (κ1) is 20.2. The predicted molar refractivity (Wildman–Crippen MR) is 108 cm³/mol. The third-order valence-electron chi connectivity index (χ3n) is 3.89. The van der Waals surface area contributed by atoms with E-state index in [2.05, 4.69) is 10.5 Å². The van der Waals surface area contributed by atoms with Crippen molar-refractivity contribution in [2.75, 3.05) is 0 Å². The highest BCUT2D eigenvalue weighted by molar-refractivity contribution is 5.97. The van der Waals surface area contributed by atoms with E-state index in [0.29, 0.717) is 5.56 Å². The fourth-order valence-electron chi connectivity index (χ4n) is 2.46. The largest absolute Gasteiger partial charge is 0.507 e. The number of hydrogen-bond donors (Lipinski definition) is 2. The average molecular weight is 405 g/mol. The number of hydrogen-bond acceptors (Lipinski definition) is 7. The van der Waals surface area contributed by atoms with Crippen molar-refractivity contribution < 1.29 is 24.4 Å². The maximum Gasteiger partial charge on any atom is 0.343 e. The molecule has 0 atom stereocenters. The molecule has 0 aliphatic heterocycles. The van der Waals surface area contributed by atoms with E-state index in [4.69, 9.17) is 4.74 Å². The summed E-state index contributed by atoms with van der Waals surface area (Å²) in [7, 11) is 0. The number of nitrogens with one attached hydrogen (secondary N) is 1. The van der Waals surface area contributed by atoms with Crippen LogP contribution in [0.4, 0.5) is 5.69 Å². The monoisotopic (exact) mass is 405 g/mol. The molecular weight excluding hydrogens is 390 g/mol. The number of hydrazone groups is 1. The van der Waals surface area contributed by atoms with Gasteiger partial charge in [0.05, 0.1) is 22.3 Å². The van der Waals surface area contributed by atoms with Crippen molar-refractivity contribution in [2.24, 2.45) is 5.10 Å². The maximum absolute atomic E-state index is 12.2. The van der Waals surface area contributed by atoms with Gasteiger partial charge in [0.1, 0.15) is 11.5 Å². The zero-order valence-electron chi connectivity index (χ0n) is 15.4. The Morgan fingerprint density at radius 3 is 2.57 bits per heavy atom. The van der Waals surface area contributed by atoms with Gasteiger partial charge in [-0.3, -0.25) is 14.9 Å². The number of nitrogens with zero attached hydrogens (tertiary/aromatic N) is 2. The second kappa shape index (κ2) is 9.11. The van der Waals surface area contributed by atoms with Crippen LogP contribution in [0.2, 0.25) is 0 Å². The Morgan fingerprint density at radius 2 is 1.80 bits per heavy atom. The molecule has 0 aliphatic carbocycles. The Bertz CT molecular complexity index is 1140. The normalized spacial score (nSPS) is 10.5. The zero-order chi connectivity index (χ0) is 21.5. The third-order valence-corrected chi connectivity index (χ3v) is 3.89. The Hall–Kier alpha value is -4.53. The third kappa shape index (κ3) is 5.04. The van der Waals surface area contributed by atoms with Crippen molar-refractivity contribution >= 4 is 23.8 Å². The smallest absolute Gasteiger partial charge is 0.343 e. The highest BCUT2D eigenvalue weighted by Crippen LogP contribution is 2.18. The van der Waals surface area contributed by atoms with Crippen molar-refractivity contribution in [3.63, 3.8) is 0 Å². The molecule has 0 saturated heterocycles. The summed E-state index contributed by atoms with van der Waals surface area (Å²) < 4.78 is 5.24. The standard InChI is InChI=1S/C21H15N3O6/c25-19-10-2-1-9-18(19)20(26)23-22-13-14-5-3-8-17(11-14)30-21(27)15-6-4-7-16(12-15)24(28)29/h1-13,25H,(H,23,26). The number of ether oxygens (including phenoxy) is 1. The number of amides is 1. The number of rotatable bonds is 6. The number of para-hydroxylation sites is 1.